The van der Waals surface area contributed by atoms with Crippen molar-refractivity contribution in [3.8, 4) is 0 Å². The maximum absolute atomic E-state index is 14.5. The van der Waals surface area contributed by atoms with Crippen LogP contribution in [0.1, 0.15) is 110 Å². The monoisotopic (exact) mass is 1030 g/mol. The standard InChI is InChI=1S/C57H71N9O9/c1-6-35(4)49(65-54(72)44(31-37-18-9-7-10-19-37)64-53(71)43(30-34(2)3)63-52(70)36(5)58)56(74)61-33-47(67)62-45(32-38-20-11-8-12-21-38)57(75)66-29-16-26-46(66)55(73)60-28-17-27-59-42-25-15-24-41-48(42)51(69)40-23-14-13-22-39(40)50(41)68/h7-15,18-25,34-36,43-46,49,59H,6,16-17,26-33,58H2,1-5H3,(H,60,73)(H,61,74)(H,62,67)(H,63,70)(H,64,71)(H,65,72)/t35-,36+,43-,44-,45-,46-,49-/m0/s1/i/hD. The highest BCUT2D eigenvalue weighted by molar-refractivity contribution is 6.30. The number of benzene rings is 4. The fourth-order valence-corrected chi connectivity index (χ4v) is 9.24. The van der Waals surface area contributed by atoms with Crippen molar-refractivity contribution in [2.45, 2.75) is 116 Å². The number of nitrogens with one attached hydrogen (secondary N) is 7. The number of hydrogen-bond donors (Lipinski definition) is 8. The molecule has 0 spiro atoms. The van der Waals surface area contributed by atoms with Crippen LogP contribution in [0.15, 0.2) is 103 Å². The molecule has 6 rings (SSSR count). The largest absolute Gasteiger partial charge is 0.384 e. The Morgan fingerprint density at radius 2 is 1.25 bits per heavy atom. The first-order valence-electron chi connectivity index (χ1n) is 26.3. The van der Waals surface area contributed by atoms with E-state index in [0.29, 0.717) is 76.6 Å². The Hall–Kier alpha value is -7.73. The molecule has 0 unspecified atom stereocenters. The van der Waals surface area contributed by atoms with E-state index in [4.69, 9.17) is 7.15 Å². The number of fused-ring (bicyclic) bond motifs is 2. The van der Waals surface area contributed by atoms with Crippen molar-refractivity contribution in [2.24, 2.45) is 17.6 Å². The Balaban J connectivity index is 1.09. The first-order valence-corrected chi connectivity index (χ1v) is 25.9. The average molecular weight is 1030 g/mol. The summed E-state index contributed by atoms with van der Waals surface area (Å²) in [6.45, 7) is 8.91. The van der Waals surface area contributed by atoms with Crippen LogP contribution in [0, 0.1) is 11.8 Å². The molecule has 1 fully saturated rings. The smallest absolute Gasteiger partial charge is 0.246 e. The van der Waals surface area contributed by atoms with Crippen LogP contribution in [-0.4, -0.2) is 120 Å². The lowest BCUT2D eigenvalue weighted by Gasteiger charge is -2.29. The van der Waals surface area contributed by atoms with Crippen molar-refractivity contribution in [2.75, 3.05) is 31.5 Å². The van der Waals surface area contributed by atoms with Crippen LogP contribution >= 0.6 is 0 Å². The van der Waals surface area contributed by atoms with E-state index in [9.17, 15) is 43.2 Å². The first-order chi connectivity index (χ1) is 36.4. The van der Waals surface area contributed by atoms with Crippen LogP contribution in [-0.2, 0) is 46.4 Å². The molecule has 2 aliphatic rings. The summed E-state index contributed by atoms with van der Waals surface area (Å²) in [5, 5.41) is 17.5. The number of likely N-dealkylation sites (tertiary alicyclic amines) is 1. The van der Waals surface area contributed by atoms with Crippen LogP contribution < -0.4 is 42.9 Å². The van der Waals surface area contributed by atoms with E-state index in [1.807, 2.05) is 26.8 Å². The summed E-state index contributed by atoms with van der Waals surface area (Å²) in [4.78, 5) is 125. The third-order valence-corrected chi connectivity index (χ3v) is 13.5. The Morgan fingerprint density at radius 1 is 0.667 bits per heavy atom. The van der Waals surface area contributed by atoms with Crippen molar-refractivity contribution in [3.05, 3.63) is 137 Å². The number of hydrogen-bond acceptors (Lipinski definition) is 11. The van der Waals surface area contributed by atoms with Gasteiger partial charge in [0.2, 0.25) is 41.4 Å². The minimum absolute atomic E-state index is 0.00794. The minimum atomic E-state index is -1.38. The molecular formula is C57H71N9O9. The molecule has 7 atom stereocenters. The van der Waals surface area contributed by atoms with Gasteiger partial charge in [-0.25, -0.2) is 0 Å². The SMILES string of the molecule is [2H]N(C(=O)CNC(=O)[C@@H](NC(=O)[C@H](Cc1ccccc1)NC(=O)[C@H](CC(C)C)NC(=O)[C@@H](C)N)[C@@H](C)CC)[C@@H](Cc1ccccc1)C(=O)N1CCC[C@H]1C(=O)NCCCNc1cccc2c1C(=O)c1ccccc1C2=O. The third kappa shape index (κ3) is 15.2. The van der Waals surface area contributed by atoms with E-state index in [0.717, 1.165) is 0 Å². The van der Waals surface area contributed by atoms with E-state index in [-0.39, 0.29) is 49.8 Å². The highest BCUT2D eigenvalue weighted by Crippen LogP contribution is 2.32. The number of carbonyl (C=O) groups excluding carboxylic acids is 9. The molecule has 4 aromatic carbocycles. The van der Waals surface area contributed by atoms with Gasteiger partial charge in [0.25, 0.3) is 0 Å². The second-order valence-corrected chi connectivity index (χ2v) is 19.7. The van der Waals surface area contributed by atoms with E-state index in [2.05, 4.69) is 31.9 Å². The Bertz CT molecular complexity index is 2740. The van der Waals surface area contributed by atoms with Gasteiger partial charge in [-0.1, -0.05) is 131 Å². The van der Waals surface area contributed by atoms with Crippen LogP contribution in [0.3, 0.4) is 0 Å². The molecule has 18 nitrogen and oxygen atoms in total. The van der Waals surface area contributed by atoms with Gasteiger partial charge in [-0.3, -0.25) is 43.2 Å². The summed E-state index contributed by atoms with van der Waals surface area (Å²) in [5.41, 5.74) is 8.99. The Morgan fingerprint density at radius 3 is 1.88 bits per heavy atom. The molecule has 1 aliphatic carbocycles. The number of amides is 7. The number of anilines is 1. The predicted molar refractivity (Wildman–Crippen MR) is 284 cm³/mol. The van der Waals surface area contributed by atoms with Gasteiger partial charge >= 0.3 is 0 Å². The topological polar surface area (TPSA) is 267 Å². The predicted octanol–water partition coefficient (Wildman–Crippen LogP) is 3.35. The third-order valence-electron chi connectivity index (χ3n) is 13.5. The fraction of sp³-hybridized carbons (Fsp3) is 0.421. The van der Waals surface area contributed by atoms with Crippen molar-refractivity contribution >= 4 is 58.6 Å². The molecule has 1 heterocycles. The van der Waals surface area contributed by atoms with Crippen molar-refractivity contribution in [3.63, 3.8) is 0 Å². The first kappa shape index (κ1) is 55.0. The van der Waals surface area contributed by atoms with Crippen LogP contribution in [0.4, 0.5) is 5.69 Å². The zero-order valence-corrected chi connectivity index (χ0v) is 43.4. The van der Waals surface area contributed by atoms with Crippen molar-refractivity contribution < 1.29 is 44.6 Å². The Labute approximate surface area is 439 Å². The summed E-state index contributed by atoms with van der Waals surface area (Å²) in [5.74, 6) is -5.44. The molecule has 1 aliphatic heterocycles. The molecule has 9 N–H and O–H groups in total. The fourth-order valence-electron chi connectivity index (χ4n) is 9.24. The second kappa shape index (κ2) is 27.0. The molecule has 0 bridgehead atoms. The molecule has 398 valence electrons. The lowest BCUT2D eigenvalue weighted by atomic mass is 9.83. The summed E-state index contributed by atoms with van der Waals surface area (Å²) in [6, 6.07) is 23.1. The van der Waals surface area contributed by atoms with Gasteiger partial charge in [-0.15, -0.1) is 0 Å². The lowest BCUT2D eigenvalue weighted by Crippen LogP contribution is -2.59. The van der Waals surface area contributed by atoms with Gasteiger partial charge in [0.05, 0.1) is 18.2 Å². The normalized spacial score (nSPS) is 16.4. The van der Waals surface area contributed by atoms with Gasteiger partial charge in [0.15, 0.2) is 13.0 Å². The molecule has 7 amide bonds. The van der Waals surface area contributed by atoms with E-state index >= 15 is 0 Å². The lowest BCUT2D eigenvalue weighted by molar-refractivity contribution is -0.141. The van der Waals surface area contributed by atoms with Gasteiger partial charge in [-0.05, 0) is 61.6 Å². The summed E-state index contributed by atoms with van der Waals surface area (Å²) >= 11 is 0. The van der Waals surface area contributed by atoms with E-state index < -0.39 is 90.1 Å². The summed E-state index contributed by atoms with van der Waals surface area (Å²) in [7, 11) is 0. The van der Waals surface area contributed by atoms with Gasteiger partial charge < -0.3 is 47.8 Å². The number of nitrogens with two attached hydrogens (primary N) is 1. The van der Waals surface area contributed by atoms with Crippen LogP contribution in [0.5, 0.6) is 0 Å². The molecule has 0 aromatic heterocycles. The molecule has 0 radical (unpaired) electrons. The number of ketones is 2. The molecule has 1 saturated heterocycles. The maximum Gasteiger partial charge on any atom is 0.246 e. The highest BCUT2D eigenvalue weighted by Gasteiger charge is 2.39. The number of nitrogens with zero attached hydrogens (tertiary/aromatic N) is 1. The zero-order valence-electron chi connectivity index (χ0n) is 44.4. The van der Waals surface area contributed by atoms with Crippen molar-refractivity contribution in [1.29, 1.82) is 0 Å². The highest BCUT2D eigenvalue weighted by atomic mass is 16.2. The molecule has 18 heteroatoms. The van der Waals surface area contributed by atoms with Crippen LogP contribution in [0.2, 0.25) is 1.41 Å². The van der Waals surface area contributed by atoms with E-state index in [1.165, 1.54) is 11.8 Å². The minimum Gasteiger partial charge on any atom is -0.384 e. The molecule has 4 aromatic rings. The summed E-state index contributed by atoms with van der Waals surface area (Å²) < 4.78 is 9.05. The second-order valence-electron chi connectivity index (χ2n) is 19.7. The summed E-state index contributed by atoms with van der Waals surface area (Å²) in [6.07, 6.45) is 1.97. The molecular weight excluding hydrogens is 955 g/mol. The maximum atomic E-state index is 14.5. The average Bonchev–Trinajstić information content (AvgIpc) is 3.94. The van der Waals surface area contributed by atoms with Gasteiger partial charge in [0, 0.05) is 54.9 Å². The van der Waals surface area contributed by atoms with E-state index in [1.54, 1.807) is 104 Å². The van der Waals surface area contributed by atoms with Crippen molar-refractivity contribution in [1.82, 2.24) is 36.8 Å². The van der Waals surface area contributed by atoms with Gasteiger partial charge in [-0.2, -0.15) is 0 Å². The van der Waals surface area contributed by atoms with Gasteiger partial charge in [0.1, 0.15) is 30.2 Å². The number of rotatable bonds is 25. The number of carbonyl (C=O) groups is 9. The molecule has 75 heavy (non-hydrogen) atoms. The van der Waals surface area contributed by atoms with Crippen LogP contribution in [0.25, 0.3) is 0 Å². The zero-order chi connectivity index (χ0) is 55.1. The molecule has 0 saturated carbocycles. The quantitative estimate of drug-likeness (QED) is 0.0393. The Kier molecular flexibility index (Phi) is 19.8.